The van der Waals surface area contributed by atoms with Gasteiger partial charge in [-0.2, -0.15) is 0 Å². The van der Waals surface area contributed by atoms with Crippen molar-refractivity contribution >= 4 is 0 Å². The molecule has 1 aliphatic rings. The van der Waals surface area contributed by atoms with Gasteiger partial charge in [-0.15, -0.1) is 0 Å². The molecule has 1 saturated carbocycles. The van der Waals surface area contributed by atoms with E-state index in [9.17, 15) is 4.39 Å². The highest BCUT2D eigenvalue weighted by Gasteiger charge is 2.19. The minimum Gasteiger partial charge on any atom is -0.207 e. The van der Waals surface area contributed by atoms with Crippen LogP contribution in [0.15, 0.2) is 42.5 Å². The molecule has 0 radical (unpaired) electrons. The zero-order chi connectivity index (χ0) is 22.6. The average Bonchev–Trinajstić information content (AvgIpc) is 2.83. The molecule has 3 rings (SSSR count). The van der Waals surface area contributed by atoms with Gasteiger partial charge in [0.05, 0.1) is 0 Å². The van der Waals surface area contributed by atoms with Crippen LogP contribution in [0.3, 0.4) is 0 Å². The first-order chi connectivity index (χ1) is 15.7. The van der Waals surface area contributed by atoms with Crippen LogP contribution < -0.4 is 0 Å². The predicted molar refractivity (Wildman–Crippen MR) is 136 cm³/mol. The molecule has 0 aromatic heterocycles. The van der Waals surface area contributed by atoms with Crippen LogP contribution in [0.2, 0.25) is 0 Å². The lowest BCUT2D eigenvalue weighted by Crippen LogP contribution is -2.13. The number of rotatable bonds is 10. The smallest absolute Gasteiger partial charge is 0.127 e. The molecule has 0 aliphatic heterocycles. The maximum atomic E-state index is 14.4. The highest BCUT2D eigenvalue weighted by molar-refractivity contribution is 5.65. The van der Waals surface area contributed by atoms with Crippen molar-refractivity contribution in [1.82, 2.24) is 0 Å². The number of benzene rings is 2. The Labute approximate surface area is 196 Å². The Kier molecular flexibility index (Phi) is 10.3. The first-order valence-corrected chi connectivity index (χ1v) is 13.1. The van der Waals surface area contributed by atoms with Gasteiger partial charge in [0.1, 0.15) is 5.82 Å². The summed E-state index contributed by atoms with van der Waals surface area (Å²) in [4.78, 5) is 0. The second-order valence-electron chi connectivity index (χ2n) is 9.68. The van der Waals surface area contributed by atoms with Gasteiger partial charge in [0.25, 0.3) is 0 Å². The highest BCUT2D eigenvalue weighted by Crippen LogP contribution is 2.32. The maximum absolute atomic E-state index is 14.4. The largest absolute Gasteiger partial charge is 0.207 e. The Morgan fingerprint density at radius 3 is 2.16 bits per heavy atom. The van der Waals surface area contributed by atoms with Gasteiger partial charge in [0, 0.05) is 11.5 Å². The van der Waals surface area contributed by atoms with Gasteiger partial charge in [0.2, 0.25) is 0 Å². The van der Waals surface area contributed by atoms with Crippen LogP contribution in [0.25, 0.3) is 11.1 Å². The number of unbranched alkanes of at least 4 members (excludes halogenated alkanes) is 5. The number of aryl methyl sites for hydroxylation is 1. The fraction of sp³-hybridized carbons (Fsp3) is 0.548. The second kappa shape index (κ2) is 13.5. The standard InChI is InChI=1S/C31H41F/c1-3-5-7-8-9-10-25-12-14-26(15-13-25)16-17-27-18-20-28(21-19-27)30-23-22-29(11-6-4-2)31(32)24-30/h18-26H,3-15H2,1-2H3/t25-,26-. The Morgan fingerprint density at radius 2 is 1.47 bits per heavy atom. The van der Waals surface area contributed by atoms with Crippen molar-refractivity contribution in [3.8, 4) is 23.0 Å². The Balaban J connectivity index is 1.47. The van der Waals surface area contributed by atoms with Crippen molar-refractivity contribution in [2.75, 3.05) is 0 Å². The molecular formula is C31H41F. The zero-order valence-corrected chi connectivity index (χ0v) is 20.3. The van der Waals surface area contributed by atoms with Crippen molar-refractivity contribution in [2.45, 2.75) is 97.3 Å². The van der Waals surface area contributed by atoms with Crippen molar-refractivity contribution in [1.29, 1.82) is 0 Å². The summed E-state index contributed by atoms with van der Waals surface area (Å²) in [5.74, 6) is 8.32. The average molecular weight is 433 g/mol. The maximum Gasteiger partial charge on any atom is 0.127 e. The molecular weight excluding hydrogens is 391 g/mol. The van der Waals surface area contributed by atoms with Gasteiger partial charge < -0.3 is 0 Å². The van der Waals surface area contributed by atoms with Crippen LogP contribution in [0.1, 0.15) is 102 Å². The third-order valence-corrected chi connectivity index (χ3v) is 7.05. The summed E-state index contributed by atoms with van der Waals surface area (Å²) in [7, 11) is 0. The quantitative estimate of drug-likeness (QED) is 0.259. The lowest BCUT2D eigenvalue weighted by molar-refractivity contribution is 0.294. The van der Waals surface area contributed by atoms with E-state index < -0.39 is 0 Å². The van der Waals surface area contributed by atoms with Crippen molar-refractivity contribution in [2.24, 2.45) is 11.8 Å². The van der Waals surface area contributed by atoms with Gasteiger partial charge in [-0.1, -0.05) is 94.9 Å². The third-order valence-electron chi connectivity index (χ3n) is 7.05. The molecule has 172 valence electrons. The van der Waals surface area contributed by atoms with Gasteiger partial charge in [-0.05, 0) is 79.3 Å². The third kappa shape index (κ3) is 7.81. The van der Waals surface area contributed by atoms with E-state index in [0.717, 1.165) is 47.4 Å². The molecule has 0 nitrogen and oxygen atoms in total. The summed E-state index contributed by atoms with van der Waals surface area (Å²) in [5.41, 5.74) is 3.88. The summed E-state index contributed by atoms with van der Waals surface area (Å²) in [5, 5.41) is 0. The number of hydrogen-bond acceptors (Lipinski definition) is 0. The van der Waals surface area contributed by atoms with E-state index in [1.807, 2.05) is 12.1 Å². The molecule has 1 aliphatic carbocycles. The monoisotopic (exact) mass is 432 g/mol. The SMILES string of the molecule is CCCCCCC[C@H]1CC[C@H](C#Cc2ccc(-c3ccc(CCCC)c(F)c3)cc2)CC1. The number of hydrogen-bond donors (Lipinski definition) is 0. The van der Waals surface area contributed by atoms with Crippen LogP contribution in [0.5, 0.6) is 0 Å². The first-order valence-electron chi connectivity index (χ1n) is 13.1. The zero-order valence-electron chi connectivity index (χ0n) is 20.3. The summed E-state index contributed by atoms with van der Waals surface area (Å²) in [6.07, 6.45) is 16.6. The van der Waals surface area contributed by atoms with E-state index in [1.165, 1.54) is 64.2 Å². The van der Waals surface area contributed by atoms with E-state index in [0.29, 0.717) is 5.92 Å². The van der Waals surface area contributed by atoms with Crippen LogP contribution in [-0.2, 0) is 6.42 Å². The molecule has 1 heteroatoms. The van der Waals surface area contributed by atoms with Gasteiger partial charge >= 0.3 is 0 Å². The summed E-state index contributed by atoms with van der Waals surface area (Å²) in [6.45, 7) is 4.42. The van der Waals surface area contributed by atoms with Crippen LogP contribution in [0, 0.1) is 29.5 Å². The normalized spacial score (nSPS) is 18.2. The molecule has 1 fully saturated rings. The van der Waals surface area contributed by atoms with Gasteiger partial charge in [-0.3, -0.25) is 0 Å². The molecule has 0 spiro atoms. The summed E-state index contributed by atoms with van der Waals surface area (Å²) in [6, 6.07) is 13.9. The van der Waals surface area contributed by atoms with Crippen molar-refractivity contribution in [3.05, 3.63) is 59.4 Å². The van der Waals surface area contributed by atoms with Crippen LogP contribution >= 0.6 is 0 Å². The molecule has 0 heterocycles. The fourth-order valence-electron chi connectivity index (χ4n) is 4.86. The number of halogens is 1. The first kappa shape index (κ1) is 24.6. The Morgan fingerprint density at radius 1 is 0.781 bits per heavy atom. The van der Waals surface area contributed by atoms with E-state index in [1.54, 1.807) is 6.07 Å². The van der Waals surface area contributed by atoms with E-state index >= 15 is 0 Å². The van der Waals surface area contributed by atoms with Gasteiger partial charge in [0.15, 0.2) is 0 Å². The summed E-state index contributed by atoms with van der Waals surface area (Å²) >= 11 is 0. The lowest BCUT2D eigenvalue weighted by atomic mass is 9.80. The van der Waals surface area contributed by atoms with Gasteiger partial charge in [-0.25, -0.2) is 4.39 Å². The van der Waals surface area contributed by atoms with Crippen LogP contribution in [0.4, 0.5) is 4.39 Å². The fourth-order valence-corrected chi connectivity index (χ4v) is 4.86. The molecule has 0 amide bonds. The second-order valence-corrected chi connectivity index (χ2v) is 9.68. The van der Waals surface area contributed by atoms with Crippen molar-refractivity contribution in [3.63, 3.8) is 0 Å². The summed E-state index contributed by atoms with van der Waals surface area (Å²) < 4.78 is 14.4. The molecule has 0 saturated heterocycles. The topological polar surface area (TPSA) is 0 Å². The molecule has 0 bridgehead atoms. The van der Waals surface area contributed by atoms with Crippen molar-refractivity contribution < 1.29 is 4.39 Å². The molecule has 32 heavy (non-hydrogen) atoms. The minimum atomic E-state index is -0.0867. The minimum absolute atomic E-state index is 0.0867. The molecule has 0 unspecified atom stereocenters. The van der Waals surface area contributed by atoms with E-state index in [4.69, 9.17) is 0 Å². The molecule has 0 N–H and O–H groups in total. The Bertz CT molecular complexity index is 860. The van der Waals surface area contributed by atoms with Crippen LogP contribution in [-0.4, -0.2) is 0 Å². The molecule has 2 aromatic carbocycles. The van der Waals surface area contributed by atoms with E-state index in [-0.39, 0.29) is 5.82 Å². The molecule has 0 atom stereocenters. The highest BCUT2D eigenvalue weighted by atomic mass is 19.1. The molecule has 2 aromatic rings. The van der Waals surface area contributed by atoms with E-state index in [2.05, 4.69) is 50.0 Å². The Hall–Kier alpha value is -2.07. The lowest BCUT2D eigenvalue weighted by Gasteiger charge is -2.25. The predicted octanol–water partition coefficient (Wildman–Crippen LogP) is 9.35.